The van der Waals surface area contributed by atoms with Crippen LogP contribution in [0.25, 0.3) is 16.8 Å². The highest BCUT2D eigenvalue weighted by atomic mass is 35.5. The Morgan fingerprint density at radius 3 is 2.40 bits per heavy atom. The first-order chi connectivity index (χ1) is 16.5. The molecule has 2 fully saturated rings. The number of alkyl halides is 2. The maximum atomic E-state index is 14.2. The molecule has 7 nitrogen and oxygen atoms in total. The molecule has 0 amide bonds. The van der Waals surface area contributed by atoms with Gasteiger partial charge >= 0.3 is 5.69 Å². The minimum absolute atomic E-state index is 0.00767. The average Bonchev–Trinajstić information content (AvgIpc) is 2.74. The van der Waals surface area contributed by atoms with Crippen molar-refractivity contribution in [3.63, 3.8) is 0 Å². The van der Waals surface area contributed by atoms with Crippen LogP contribution in [0.1, 0.15) is 12.8 Å². The van der Waals surface area contributed by atoms with E-state index in [0.717, 1.165) is 21.3 Å². The Balaban J connectivity index is 1.77. The van der Waals surface area contributed by atoms with Crippen molar-refractivity contribution in [3.05, 3.63) is 74.2 Å². The highest BCUT2D eigenvalue weighted by Gasteiger charge is 2.62. The molecule has 0 radical (unpaired) electrons. The number of anilines is 1. The Labute approximate surface area is 200 Å². The van der Waals surface area contributed by atoms with Crippen molar-refractivity contribution in [1.29, 1.82) is 5.26 Å². The summed E-state index contributed by atoms with van der Waals surface area (Å²) in [5.41, 5.74) is -2.66. The number of hydrogen-bond donors (Lipinski definition) is 0. The molecule has 1 aliphatic heterocycles. The van der Waals surface area contributed by atoms with Crippen LogP contribution in [0.5, 0.6) is 0 Å². The normalized spacial score (nSPS) is 17.5. The molecule has 0 bridgehead atoms. The Kier molecular flexibility index (Phi) is 5.25. The van der Waals surface area contributed by atoms with E-state index < -0.39 is 40.8 Å². The quantitative estimate of drug-likeness (QED) is 0.504. The zero-order chi connectivity index (χ0) is 25.1. The molecule has 0 N–H and O–H groups in total. The van der Waals surface area contributed by atoms with Crippen LogP contribution in [0.2, 0.25) is 5.02 Å². The number of hydrogen-bond acceptors (Lipinski definition) is 5. The fraction of sp³-hybridized carbons (Fsp3) is 0.304. The maximum Gasteiger partial charge on any atom is 0.338 e. The zero-order valence-electron chi connectivity index (χ0n) is 17.9. The van der Waals surface area contributed by atoms with Gasteiger partial charge in [0.15, 0.2) is 11.6 Å². The smallest absolute Gasteiger partial charge is 0.338 e. The SMILES string of the molecule is N#CCn1c(N2CC3(C2)CC(F)(F)C3)c(-c2ccc(F)c(F)c2)c(=O)n(-c2cncc(Cl)c2)c1=O. The summed E-state index contributed by atoms with van der Waals surface area (Å²) in [5.74, 6) is -5.15. The van der Waals surface area contributed by atoms with E-state index in [1.165, 1.54) is 24.5 Å². The van der Waals surface area contributed by atoms with Crippen molar-refractivity contribution in [2.24, 2.45) is 5.41 Å². The van der Waals surface area contributed by atoms with E-state index in [2.05, 4.69) is 4.98 Å². The number of pyridine rings is 1. The molecular formula is C23H16ClF4N5O2. The van der Waals surface area contributed by atoms with Gasteiger partial charge in [-0.1, -0.05) is 17.7 Å². The first kappa shape index (κ1) is 23.1. The minimum Gasteiger partial charge on any atom is -0.356 e. The van der Waals surface area contributed by atoms with Crippen LogP contribution in [-0.4, -0.2) is 33.1 Å². The van der Waals surface area contributed by atoms with Crippen LogP contribution in [0, 0.1) is 28.4 Å². The van der Waals surface area contributed by atoms with Gasteiger partial charge in [-0.3, -0.25) is 14.3 Å². The summed E-state index contributed by atoms with van der Waals surface area (Å²) < 4.78 is 56.7. The summed E-state index contributed by atoms with van der Waals surface area (Å²) in [7, 11) is 0. The van der Waals surface area contributed by atoms with Gasteiger partial charge in [0.05, 0.1) is 28.5 Å². The fourth-order valence-electron chi connectivity index (χ4n) is 5.02. The summed E-state index contributed by atoms with van der Waals surface area (Å²) in [6.07, 6.45) is 1.85. The standard InChI is InChI=1S/C23H16ClF4N5O2/c24-14-6-15(8-30-7-14)33-20(34)18(13-1-2-16(25)17(26)5-13)19(32(4-3-29)21(33)35)31-11-22(12-31)9-23(27,28)10-22/h1-2,5-8H,4,9-12H2. The highest BCUT2D eigenvalue weighted by molar-refractivity contribution is 6.30. The van der Waals surface area contributed by atoms with E-state index in [-0.39, 0.29) is 53.6 Å². The molecule has 1 aliphatic carbocycles. The van der Waals surface area contributed by atoms with Crippen molar-refractivity contribution < 1.29 is 17.6 Å². The molecule has 1 saturated heterocycles. The molecule has 35 heavy (non-hydrogen) atoms. The second-order valence-electron chi connectivity index (χ2n) is 8.92. The van der Waals surface area contributed by atoms with Crippen LogP contribution >= 0.6 is 11.6 Å². The van der Waals surface area contributed by atoms with Crippen molar-refractivity contribution >= 4 is 17.4 Å². The van der Waals surface area contributed by atoms with Crippen LogP contribution in [0.4, 0.5) is 23.4 Å². The number of halogens is 5. The van der Waals surface area contributed by atoms with Gasteiger partial charge in [-0.05, 0) is 23.8 Å². The van der Waals surface area contributed by atoms with Gasteiger partial charge in [0.25, 0.3) is 5.56 Å². The lowest BCUT2D eigenvalue weighted by Crippen LogP contribution is -2.67. The van der Waals surface area contributed by atoms with E-state index in [9.17, 15) is 32.4 Å². The van der Waals surface area contributed by atoms with Crippen molar-refractivity contribution in [3.8, 4) is 22.9 Å². The average molecular weight is 506 g/mol. The molecular weight excluding hydrogens is 490 g/mol. The molecule has 5 rings (SSSR count). The fourth-order valence-corrected chi connectivity index (χ4v) is 5.19. The lowest BCUT2D eigenvalue weighted by molar-refractivity contribution is -0.170. The molecule has 0 atom stereocenters. The Morgan fingerprint density at radius 1 is 1.09 bits per heavy atom. The van der Waals surface area contributed by atoms with E-state index in [1.807, 2.05) is 6.07 Å². The van der Waals surface area contributed by atoms with Gasteiger partial charge in [0, 0.05) is 37.5 Å². The topological polar surface area (TPSA) is 83.9 Å². The number of aromatic nitrogens is 3. The molecule has 1 saturated carbocycles. The van der Waals surface area contributed by atoms with Crippen LogP contribution in [-0.2, 0) is 6.54 Å². The predicted octanol–water partition coefficient (Wildman–Crippen LogP) is 3.75. The van der Waals surface area contributed by atoms with Gasteiger partial charge in [0.2, 0.25) is 5.92 Å². The first-order valence-corrected chi connectivity index (χ1v) is 10.9. The summed E-state index contributed by atoms with van der Waals surface area (Å²) in [4.78, 5) is 32.6. The number of nitriles is 1. The van der Waals surface area contributed by atoms with E-state index in [0.29, 0.717) is 0 Å². The zero-order valence-corrected chi connectivity index (χ0v) is 18.7. The molecule has 3 heterocycles. The number of benzene rings is 1. The Morgan fingerprint density at radius 2 is 1.80 bits per heavy atom. The third-order valence-corrected chi connectivity index (χ3v) is 6.53. The summed E-state index contributed by atoms with van der Waals surface area (Å²) in [6, 6.07) is 6.00. The second-order valence-corrected chi connectivity index (χ2v) is 9.36. The second kappa shape index (κ2) is 7.95. The van der Waals surface area contributed by atoms with Gasteiger partial charge in [-0.25, -0.2) is 26.9 Å². The molecule has 3 aromatic rings. The lowest BCUT2D eigenvalue weighted by Gasteiger charge is -2.59. The predicted molar refractivity (Wildman–Crippen MR) is 119 cm³/mol. The van der Waals surface area contributed by atoms with Crippen LogP contribution in [0.3, 0.4) is 0 Å². The lowest BCUT2D eigenvalue weighted by atomic mass is 9.61. The first-order valence-electron chi connectivity index (χ1n) is 10.5. The molecule has 12 heteroatoms. The summed E-state index contributed by atoms with van der Waals surface area (Å²) in [5, 5.41) is 9.56. The largest absolute Gasteiger partial charge is 0.356 e. The highest BCUT2D eigenvalue weighted by Crippen LogP contribution is 2.57. The van der Waals surface area contributed by atoms with Crippen LogP contribution < -0.4 is 16.1 Å². The molecule has 1 spiro atoms. The number of nitrogens with zero attached hydrogens (tertiary/aromatic N) is 5. The molecule has 1 aromatic carbocycles. The van der Waals surface area contributed by atoms with E-state index in [4.69, 9.17) is 11.6 Å². The van der Waals surface area contributed by atoms with Gasteiger partial charge in [0.1, 0.15) is 12.4 Å². The Bertz CT molecular complexity index is 1510. The van der Waals surface area contributed by atoms with Gasteiger partial charge in [-0.15, -0.1) is 0 Å². The number of rotatable bonds is 4. The van der Waals surface area contributed by atoms with Gasteiger partial charge in [-0.2, -0.15) is 5.26 Å². The van der Waals surface area contributed by atoms with Crippen LogP contribution in [0.15, 0.2) is 46.2 Å². The van der Waals surface area contributed by atoms with Gasteiger partial charge < -0.3 is 4.90 Å². The monoisotopic (exact) mass is 505 g/mol. The molecule has 0 unspecified atom stereocenters. The van der Waals surface area contributed by atoms with E-state index >= 15 is 0 Å². The minimum atomic E-state index is -2.77. The van der Waals surface area contributed by atoms with Crippen molar-refractivity contribution in [2.45, 2.75) is 25.3 Å². The summed E-state index contributed by atoms with van der Waals surface area (Å²) in [6.45, 7) is -0.253. The van der Waals surface area contributed by atoms with Crippen molar-refractivity contribution in [2.75, 3.05) is 18.0 Å². The molecule has 2 aromatic heterocycles. The molecule has 2 aliphatic rings. The third kappa shape index (κ3) is 3.78. The maximum absolute atomic E-state index is 14.2. The Hall–Kier alpha value is -3.65. The molecule has 180 valence electrons. The summed E-state index contributed by atoms with van der Waals surface area (Å²) >= 11 is 5.99. The third-order valence-electron chi connectivity index (χ3n) is 6.32. The van der Waals surface area contributed by atoms with E-state index in [1.54, 1.807) is 4.90 Å². The van der Waals surface area contributed by atoms with Crippen molar-refractivity contribution in [1.82, 2.24) is 14.1 Å².